The molecule has 1 aliphatic rings. The minimum absolute atomic E-state index is 0.299. The minimum atomic E-state index is 0.299. The molecule has 0 bridgehead atoms. The molecule has 1 aromatic heterocycles. The van der Waals surface area contributed by atoms with E-state index in [-0.39, 0.29) is 0 Å². The summed E-state index contributed by atoms with van der Waals surface area (Å²) in [5.41, 5.74) is 2.44. The van der Waals surface area contributed by atoms with Gasteiger partial charge in [-0.25, -0.2) is 9.97 Å². The molecule has 137 valence electrons. The Balaban J connectivity index is 1.30. The molecule has 0 N–H and O–H groups in total. The number of halogens is 1. The number of ether oxygens (including phenoxy) is 1. The van der Waals surface area contributed by atoms with Gasteiger partial charge in [0.25, 0.3) is 0 Å². The van der Waals surface area contributed by atoms with Crippen LogP contribution in [0.1, 0.15) is 29.9 Å². The van der Waals surface area contributed by atoms with E-state index in [0.717, 1.165) is 49.5 Å². The third-order valence-corrected chi connectivity index (χ3v) is 5.11. The Hall–Kier alpha value is -2.43. The molecule has 1 fully saturated rings. The number of piperidine rings is 1. The lowest BCUT2D eigenvalue weighted by atomic mass is 9.89. The zero-order valence-corrected chi connectivity index (χ0v) is 15.8. The van der Waals surface area contributed by atoms with Crippen LogP contribution in [0, 0.1) is 6.07 Å². The Morgan fingerprint density at radius 1 is 1.04 bits per heavy atom. The van der Waals surface area contributed by atoms with Crippen LogP contribution >= 0.6 is 11.6 Å². The van der Waals surface area contributed by atoms with Crippen LogP contribution in [0.4, 0.5) is 0 Å². The molecule has 2 heterocycles. The van der Waals surface area contributed by atoms with E-state index >= 15 is 0 Å². The zero-order chi connectivity index (χ0) is 18.5. The number of hydrogen-bond acceptors (Lipinski definition) is 4. The second-order valence-electron chi connectivity index (χ2n) is 6.81. The van der Waals surface area contributed by atoms with Gasteiger partial charge in [-0.15, -0.1) is 0 Å². The highest BCUT2D eigenvalue weighted by molar-refractivity contribution is 6.28. The van der Waals surface area contributed by atoms with E-state index in [4.69, 9.17) is 16.3 Å². The van der Waals surface area contributed by atoms with Crippen LogP contribution in [-0.2, 0) is 6.54 Å². The molecule has 1 radical (unpaired) electrons. The van der Waals surface area contributed by atoms with E-state index < -0.39 is 0 Å². The van der Waals surface area contributed by atoms with E-state index in [1.54, 1.807) is 0 Å². The normalized spacial score (nSPS) is 15.6. The highest BCUT2D eigenvalue weighted by Gasteiger charge is 2.21. The summed E-state index contributed by atoms with van der Waals surface area (Å²) in [4.78, 5) is 10.6. The average molecular weight is 379 g/mol. The number of aromatic nitrogens is 2. The fourth-order valence-electron chi connectivity index (χ4n) is 3.46. The third-order valence-electron chi connectivity index (χ3n) is 4.92. The van der Waals surface area contributed by atoms with Crippen LogP contribution in [0.2, 0.25) is 5.28 Å². The van der Waals surface area contributed by atoms with Gasteiger partial charge in [0, 0.05) is 30.6 Å². The maximum atomic E-state index is 5.83. The van der Waals surface area contributed by atoms with Crippen molar-refractivity contribution in [2.45, 2.75) is 25.3 Å². The molecule has 4 nitrogen and oxygen atoms in total. The number of rotatable bonds is 5. The molecule has 1 saturated heterocycles. The van der Waals surface area contributed by atoms with Gasteiger partial charge in [0.1, 0.15) is 11.5 Å². The molecule has 0 aliphatic carbocycles. The quantitative estimate of drug-likeness (QED) is 0.579. The molecule has 0 saturated carbocycles. The first kappa shape index (κ1) is 18.0. The van der Waals surface area contributed by atoms with Crippen molar-refractivity contribution in [1.82, 2.24) is 14.9 Å². The first-order valence-electron chi connectivity index (χ1n) is 9.19. The number of para-hydroxylation sites is 1. The number of likely N-dealkylation sites (tertiary alicyclic amines) is 1. The van der Waals surface area contributed by atoms with Gasteiger partial charge in [-0.3, -0.25) is 4.90 Å². The Kier molecular flexibility index (Phi) is 5.66. The van der Waals surface area contributed by atoms with Gasteiger partial charge in [0.05, 0.1) is 0 Å². The van der Waals surface area contributed by atoms with Crippen molar-refractivity contribution in [3.63, 3.8) is 0 Å². The molecule has 0 amide bonds. The summed E-state index contributed by atoms with van der Waals surface area (Å²) < 4.78 is 5.83. The second kappa shape index (κ2) is 8.51. The summed E-state index contributed by atoms with van der Waals surface area (Å²) in [6.07, 6.45) is 5.89. The Bertz CT molecular complexity index is 845. The summed E-state index contributed by atoms with van der Waals surface area (Å²) in [6, 6.07) is 19.3. The molecule has 0 spiro atoms. The van der Waals surface area contributed by atoms with Crippen molar-refractivity contribution in [1.29, 1.82) is 0 Å². The predicted octanol–water partition coefficient (Wildman–Crippen LogP) is 5.10. The van der Waals surface area contributed by atoms with Crippen LogP contribution in [0.15, 0.2) is 60.9 Å². The molecule has 0 unspecified atom stereocenters. The molecule has 0 atom stereocenters. The van der Waals surface area contributed by atoms with Gasteiger partial charge in [-0.05, 0) is 73.3 Å². The second-order valence-corrected chi connectivity index (χ2v) is 7.15. The largest absolute Gasteiger partial charge is 0.457 e. The molecule has 3 aromatic rings. The van der Waals surface area contributed by atoms with Crippen molar-refractivity contribution in [2.24, 2.45) is 0 Å². The van der Waals surface area contributed by atoms with Gasteiger partial charge in [-0.2, -0.15) is 0 Å². The maximum Gasteiger partial charge on any atom is 0.222 e. The fraction of sp³-hybridized carbons (Fsp3) is 0.273. The molecule has 1 aliphatic heterocycles. The van der Waals surface area contributed by atoms with Crippen molar-refractivity contribution in [2.75, 3.05) is 13.1 Å². The summed E-state index contributed by atoms with van der Waals surface area (Å²) in [5, 5.41) is 0.299. The Morgan fingerprint density at radius 2 is 1.78 bits per heavy atom. The first-order chi connectivity index (χ1) is 13.3. The summed E-state index contributed by atoms with van der Waals surface area (Å²) in [5.74, 6) is 2.16. The van der Waals surface area contributed by atoms with Crippen molar-refractivity contribution < 1.29 is 4.74 Å². The van der Waals surface area contributed by atoms with Crippen LogP contribution < -0.4 is 4.74 Å². The van der Waals surface area contributed by atoms with E-state index in [2.05, 4.69) is 33.1 Å². The lowest BCUT2D eigenvalue weighted by molar-refractivity contribution is 0.204. The fourth-order valence-corrected chi connectivity index (χ4v) is 3.56. The predicted molar refractivity (Wildman–Crippen MR) is 106 cm³/mol. The first-order valence-corrected chi connectivity index (χ1v) is 9.57. The molecular weight excluding hydrogens is 358 g/mol. The van der Waals surface area contributed by atoms with Crippen molar-refractivity contribution in [3.8, 4) is 11.5 Å². The van der Waals surface area contributed by atoms with Crippen LogP contribution in [-0.4, -0.2) is 28.0 Å². The van der Waals surface area contributed by atoms with Gasteiger partial charge in [0.2, 0.25) is 5.28 Å². The topological polar surface area (TPSA) is 38.2 Å². The average Bonchev–Trinajstić information content (AvgIpc) is 2.72. The summed E-state index contributed by atoms with van der Waals surface area (Å²) in [6.45, 7) is 3.00. The maximum absolute atomic E-state index is 5.83. The lowest BCUT2D eigenvalue weighted by Gasteiger charge is -2.32. The number of benzene rings is 2. The van der Waals surface area contributed by atoms with Crippen LogP contribution in [0.25, 0.3) is 0 Å². The highest BCUT2D eigenvalue weighted by Crippen LogP contribution is 2.30. The van der Waals surface area contributed by atoms with Gasteiger partial charge in [-0.1, -0.05) is 24.3 Å². The van der Waals surface area contributed by atoms with E-state index in [0.29, 0.717) is 11.2 Å². The Labute approximate surface area is 164 Å². The molecule has 27 heavy (non-hydrogen) atoms. The lowest BCUT2D eigenvalue weighted by Crippen LogP contribution is -2.32. The van der Waals surface area contributed by atoms with Crippen LogP contribution in [0.3, 0.4) is 0 Å². The summed E-state index contributed by atoms with van der Waals surface area (Å²) in [7, 11) is 0. The van der Waals surface area contributed by atoms with E-state index in [1.807, 2.05) is 48.8 Å². The molecule has 5 heteroatoms. The smallest absolute Gasteiger partial charge is 0.222 e. The van der Waals surface area contributed by atoms with Gasteiger partial charge in [0.15, 0.2) is 0 Å². The van der Waals surface area contributed by atoms with E-state index in [9.17, 15) is 0 Å². The minimum Gasteiger partial charge on any atom is -0.457 e. The molecule has 4 rings (SSSR count). The zero-order valence-electron chi connectivity index (χ0n) is 15.0. The SMILES string of the molecule is Clc1ncc(CN2CCC(c3c[c]c(Oc4ccccc4)cc3)CC2)cn1. The Morgan fingerprint density at radius 3 is 2.44 bits per heavy atom. The van der Waals surface area contributed by atoms with Crippen molar-refractivity contribution in [3.05, 3.63) is 83.4 Å². The number of hydrogen-bond donors (Lipinski definition) is 0. The van der Waals surface area contributed by atoms with Gasteiger partial charge < -0.3 is 4.74 Å². The molecular formula is C22H21ClN3O. The standard InChI is InChI=1S/C22H21ClN3O/c23-22-24-14-17(15-25-22)16-26-12-10-19(11-13-26)18-6-8-21(9-7-18)27-20-4-2-1-3-5-20/h1-8,14-15,19H,10-13,16H2. The monoisotopic (exact) mass is 378 g/mol. The van der Waals surface area contributed by atoms with Gasteiger partial charge >= 0.3 is 0 Å². The van der Waals surface area contributed by atoms with Crippen molar-refractivity contribution >= 4 is 11.6 Å². The summed E-state index contributed by atoms with van der Waals surface area (Å²) >= 11 is 5.75. The number of nitrogens with zero attached hydrogens (tertiary/aromatic N) is 3. The third kappa shape index (κ3) is 4.85. The van der Waals surface area contributed by atoms with Crippen LogP contribution in [0.5, 0.6) is 11.5 Å². The molecule has 2 aromatic carbocycles. The van der Waals surface area contributed by atoms with E-state index in [1.165, 1.54) is 5.56 Å². The highest BCUT2D eigenvalue weighted by atomic mass is 35.5.